The Morgan fingerprint density at radius 1 is 1.25 bits per heavy atom. The number of ether oxygens (including phenoxy) is 1. The normalized spacial score (nSPS) is 15.6. The van der Waals surface area contributed by atoms with Crippen LogP contribution in [0.5, 0.6) is 0 Å². The molecule has 0 spiro atoms. The third kappa shape index (κ3) is 2.06. The summed E-state index contributed by atoms with van der Waals surface area (Å²) in [5.41, 5.74) is 6.89. The molecule has 2 atom stereocenters. The number of nitrogens with two attached hydrogens (primary N) is 1. The first-order chi connectivity index (χ1) is 5.75. The molecule has 0 aliphatic carbocycles. The summed E-state index contributed by atoms with van der Waals surface area (Å²) in [6.07, 6.45) is 0.00574. The fraction of sp³-hybridized carbons (Fsp3) is 0.400. The van der Waals surface area contributed by atoms with Gasteiger partial charge in [0.15, 0.2) is 0 Å². The molecule has 2 nitrogen and oxygen atoms in total. The number of hydrogen-bond donors (Lipinski definition) is 1. The molecule has 0 heterocycles. The first kappa shape index (κ1) is 9.23. The van der Waals surface area contributed by atoms with Gasteiger partial charge in [-0.25, -0.2) is 0 Å². The van der Waals surface area contributed by atoms with E-state index < -0.39 is 0 Å². The van der Waals surface area contributed by atoms with Crippen molar-refractivity contribution in [2.75, 3.05) is 7.11 Å². The molecular weight excluding hydrogens is 150 g/mol. The molecular formula is C10H15NO. The second kappa shape index (κ2) is 4.24. The summed E-state index contributed by atoms with van der Waals surface area (Å²) in [5, 5.41) is 0. The number of rotatable bonds is 3. The van der Waals surface area contributed by atoms with Crippen molar-refractivity contribution in [2.24, 2.45) is 5.73 Å². The largest absolute Gasteiger partial charge is 0.375 e. The van der Waals surface area contributed by atoms with Gasteiger partial charge in [0, 0.05) is 13.2 Å². The van der Waals surface area contributed by atoms with E-state index in [0.717, 1.165) is 5.56 Å². The highest BCUT2D eigenvalue weighted by Gasteiger charge is 2.13. The fourth-order valence-electron chi connectivity index (χ4n) is 1.30. The van der Waals surface area contributed by atoms with Crippen LogP contribution in [0.1, 0.15) is 18.6 Å². The maximum absolute atomic E-state index is 5.75. The molecule has 0 bridgehead atoms. The van der Waals surface area contributed by atoms with Crippen molar-refractivity contribution in [3.63, 3.8) is 0 Å². The average molecular weight is 165 g/mol. The first-order valence-corrected chi connectivity index (χ1v) is 4.09. The second-order valence-electron chi connectivity index (χ2n) is 2.93. The predicted molar refractivity (Wildman–Crippen MR) is 49.8 cm³/mol. The number of benzene rings is 1. The summed E-state index contributed by atoms with van der Waals surface area (Å²) in [5.74, 6) is 0. The summed E-state index contributed by atoms with van der Waals surface area (Å²) < 4.78 is 5.27. The van der Waals surface area contributed by atoms with Gasteiger partial charge in [-0.1, -0.05) is 30.3 Å². The summed E-state index contributed by atoms with van der Waals surface area (Å²) in [6.45, 7) is 1.95. The highest BCUT2D eigenvalue weighted by Crippen LogP contribution is 2.18. The smallest absolute Gasteiger partial charge is 0.0969 e. The van der Waals surface area contributed by atoms with Crippen LogP contribution in [0.15, 0.2) is 30.3 Å². The zero-order valence-electron chi connectivity index (χ0n) is 7.53. The lowest BCUT2D eigenvalue weighted by Gasteiger charge is -2.19. The van der Waals surface area contributed by atoms with Gasteiger partial charge < -0.3 is 10.5 Å². The zero-order valence-corrected chi connectivity index (χ0v) is 7.53. The van der Waals surface area contributed by atoms with E-state index in [1.807, 2.05) is 37.3 Å². The molecule has 1 rings (SSSR count). The van der Waals surface area contributed by atoms with Crippen molar-refractivity contribution in [1.29, 1.82) is 0 Å². The highest BCUT2D eigenvalue weighted by atomic mass is 16.5. The van der Waals surface area contributed by atoms with E-state index in [-0.39, 0.29) is 12.1 Å². The Bertz CT molecular complexity index is 221. The summed E-state index contributed by atoms with van der Waals surface area (Å²) >= 11 is 0. The maximum Gasteiger partial charge on any atom is 0.0969 e. The van der Waals surface area contributed by atoms with E-state index >= 15 is 0 Å². The Labute approximate surface area is 73.3 Å². The molecule has 1 aromatic carbocycles. The minimum atomic E-state index is 0.00574. The zero-order chi connectivity index (χ0) is 8.97. The molecule has 0 radical (unpaired) electrons. The monoisotopic (exact) mass is 165 g/mol. The van der Waals surface area contributed by atoms with Gasteiger partial charge >= 0.3 is 0 Å². The molecule has 1 aromatic rings. The van der Waals surface area contributed by atoms with E-state index in [9.17, 15) is 0 Å². The summed E-state index contributed by atoms with van der Waals surface area (Å²) in [7, 11) is 1.68. The van der Waals surface area contributed by atoms with E-state index in [4.69, 9.17) is 10.5 Å². The van der Waals surface area contributed by atoms with Gasteiger partial charge in [-0.2, -0.15) is 0 Å². The van der Waals surface area contributed by atoms with Crippen molar-refractivity contribution in [1.82, 2.24) is 0 Å². The van der Waals surface area contributed by atoms with Gasteiger partial charge in [-0.05, 0) is 12.5 Å². The van der Waals surface area contributed by atoms with E-state index in [1.54, 1.807) is 7.11 Å². The Morgan fingerprint density at radius 2 is 1.83 bits per heavy atom. The lowest BCUT2D eigenvalue weighted by Crippen LogP contribution is -2.25. The van der Waals surface area contributed by atoms with Crippen molar-refractivity contribution >= 4 is 0 Å². The van der Waals surface area contributed by atoms with Crippen LogP contribution in [-0.2, 0) is 4.74 Å². The SMILES string of the molecule is CO[C@H](c1ccccc1)[C@H](C)N. The van der Waals surface area contributed by atoms with Crippen LogP contribution in [0.4, 0.5) is 0 Å². The van der Waals surface area contributed by atoms with E-state index in [0.29, 0.717) is 0 Å². The second-order valence-corrected chi connectivity index (χ2v) is 2.93. The van der Waals surface area contributed by atoms with Crippen LogP contribution in [-0.4, -0.2) is 13.2 Å². The number of hydrogen-bond acceptors (Lipinski definition) is 2. The average Bonchev–Trinajstić information content (AvgIpc) is 2.07. The predicted octanol–water partition coefficient (Wildman–Crippen LogP) is 1.72. The van der Waals surface area contributed by atoms with Crippen LogP contribution in [0.3, 0.4) is 0 Å². The molecule has 0 aliphatic rings. The lowest BCUT2D eigenvalue weighted by atomic mass is 10.0. The molecule has 12 heavy (non-hydrogen) atoms. The molecule has 0 fully saturated rings. The molecule has 2 N–H and O–H groups in total. The summed E-state index contributed by atoms with van der Waals surface area (Å²) in [6, 6.07) is 10.0. The first-order valence-electron chi connectivity index (χ1n) is 4.09. The Hall–Kier alpha value is -0.860. The summed E-state index contributed by atoms with van der Waals surface area (Å²) in [4.78, 5) is 0. The van der Waals surface area contributed by atoms with E-state index in [1.165, 1.54) is 0 Å². The van der Waals surface area contributed by atoms with Crippen molar-refractivity contribution in [2.45, 2.75) is 19.1 Å². The Balaban J connectivity index is 2.80. The van der Waals surface area contributed by atoms with Gasteiger partial charge in [-0.3, -0.25) is 0 Å². The quantitative estimate of drug-likeness (QED) is 0.740. The standard InChI is InChI=1S/C10H15NO/c1-8(11)10(12-2)9-6-4-3-5-7-9/h3-8,10H,11H2,1-2H3/t8-,10-/m0/s1. The van der Waals surface area contributed by atoms with Crippen LogP contribution in [0, 0.1) is 0 Å². The molecule has 66 valence electrons. The van der Waals surface area contributed by atoms with Gasteiger partial charge in [0.05, 0.1) is 6.10 Å². The molecule has 0 aliphatic heterocycles. The third-order valence-corrected chi connectivity index (χ3v) is 1.86. The van der Waals surface area contributed by atoms with Crippen LogP contribution in [0.2, 0.25) is 0 Å². The molecule has 2 heteroatoms. The molecule has 0 unspecified atom stereocenters. The van der Waals surface area contributed by atoms with Crippen molar-refractivity contribution < 1.29 is 4.74 Å². The van der Waals surface area contributed by atoms with Crippen molar-refractivity contribution in [3.8, 4) is 0 Å². The Kier molecular flexibility index (Phi) is 3.26. The minimum Gasteiger partial charge on any atom is -0.375 e. The van der Waals surface area contributed by atoms with Crippen LogP contribution < -0.4 is 5.73 Å². The topological polar surface area (TPSA) is 35.2 Å². The third-order valence-electron chi connectivity index (χ3n) is 1.86. The maximum atomic E-state index is 5.75. The van der Waals surface area contributed by atoms with Gasteiger partial charge in [0.2, 0.25) is 0 Å². The van der Waals surface area contributed by atoms with Gasteiger partial charge in [-0.15, -0.1) is 0 Å². The molecule has 0 saturated heterocycles. The molecule has 0 saturated carbocycles. The van der Waals surface area contributed by atoms with Gasteiger partial charge in [0.1, 0.15) is 0 Å². The number of methoxy groups -OCH3 is 1. The fourth-order valence-corrected chi connectivity index (χ4v) is 1.30. The van der Waals surface area contributed by atoms with E-state index in [2.05, 4.69) is 0 Å². The molecule has 0 aromatic heterocycles. The van der Waals surface area contributed by atoms with Crippen molar-refractivity contribution in [3.05, 3.63) is 35.9 Å². The molecule has 0 amide bonds. The minimum absolute atomic E-state index is 0.00574. The van der Waals surface area contributed by atoms with Gasteiger partial charge in [0.25, 0.3) is 0 Å². The highest BCUT2D eigenvalue weighted by molar-refractivity contribution is 5.18. The van der Waals surface area contributed by atoms with Crippen LogP contribution in [0.25, 0.3) is 0 Å². The Morgan fingerprint density at radius 3 is 2.25 bits per heavy atom. The van der Waals surface area contributed by atoms with Crippen LogP contribution >= 0.6 is 0 Å². The lowest BCUT2D eigenvalue weighted by molar-refractivity contribution is 0.0854.